The van der Waals surface area contributed by atoms with Gasteiger partial charge in [0.1, 0.15) is 10.7 Å². The summed E-state index contributed by atoms with van der Waals surface area (Å²) in [4.78, 5) is -0.248. The van der Waals surface area contributed by atoms with E-state index in [9.17, 15) is 12.8 Å². The molecule has 1 aromatic carbocycles. The molecular weight excluding hydrogens is 259 g/mol. The summed E-state index contributed by atoms with van der Waals surface area (Å²) in [6, 6.07) is 3.22. The molecule has 100 valence electrons. The number of hydrogen-bond donors (Lipinski definition) is 3. The smallest absolute Gasteiger partial charge is 0.242 e. The van der Waals surface area contributed by atoms with Gasteiger partial charge in [0, 0.05) is 6.54 Å². The first kappa shape index (κ1) is 13.3. The molecule has 4 N–H and O–H groups in total. The fourth-order valence-electron chi connectivity index (χ4n) is 1.91. The molecule has 1 aliphatic carbocycles. The molecule has 7 heteroatoms. The average molecular weight is 274 g/mol. The molecule has 5 nitrogen and oxygen atoms in total. The van der Waals surface area contributed by atoms with Crippen LogP contribution in [0.5, 0.6) is 0 Å². The first-order chi connectivity index (χ1) is 8.38. The lowest BCUT2D eigenvalue weighted by atomic mass is 9.83. The fourth-order valence-corrected chi connectivity index (χ4v) is 3.17. The molecule has 18 heavy (non-hydrogen) atoms. The molecule has 1 fully saturated rings. The Bertz CT molecular complexity index is 541. The van der Waals surface area contributed by atoms with Crippen LogP contribution in [0.4, 0.5) is 10.1 Å². The minimum Gasteiger partial charge on any atom is -0.398 e. The highest BCUT2D eigenvalue weighted by Crippen LogP contribution is 2.27. The number of nitrogen functional groups attached to an aromatic ring is 1. The van der Waals surface area contributed by atoms with E-state index in [1.165, 1.54) is 6.07 Å². The van der Waals surface area contributed by atoms with E-state index in [-0.39, 0.29) is 29.1 Å². The van der Waals surface area contributed by atoms with E-state index in [1.807, 2.05) is 0 Å². The fraction of sp³-hybridized carbons (Fsp3) is 0.455. The van der Waals surface area contributed by atoms with Gasteiger partial charge in [-0.3, -0.25) is 0 Å². The van der Waals surface area contributed by atoms with Crippen LogP contribution in [0.15, 0.2) is 23.1 Å². The zero-order valence-corrected chi connectivity index (χ0v) is 10.5. The highest BCUT2D eigenvalue weighted by atomic mass is 32.2. The molecule has 1 aromatic rings. The standard InChI is InChI=1S/C11H15FN2O3S/c12-8-1-2-10(13)11(5-8)18(16,17)14-6-7-3-9(15)4-7/h1-2,5,7,9,14-15H,3-4,6,13H2. The Morgan fingerprint density at radius 1 is 1.44 bits per heavy atom. The Balaban J connectivity index is 2.08. The van der Waals surface area contributed by atoms with E-state index in [2.05, 4.69) is 4.72 Å². The SMILES string of the molecule is Nc1ccc(F)cc1S(=O)(=O)NCC1CC(O)C1. The van der Waals surface area contributed by atoms with Crippen molar-refractivity contribution >= 4 is 15.7 Å². The second-order valence-corrected chi connectivity index (χ2v) is 6.26. The van der Waals surface area contributed by atoms with Crippen molar-refractivity contribution < 1.29 is 17.9 Å². The molecule has 0 aromatic heterocycles. The maximum absolute atomic E-state index is 13.0. The summed E-state index contributed by atoms with van der Waals surface area (Å²) in [7, 11) is -3.80. The van der Waals surface area contributed by atoms with Crippen LogP contribution in [-0.2, 0) is 10.0 Å². The van der Waals surface area contributed by atoms with E-state index in [0.29, 0.717) is 12.8 Å². The summed E-state index contributed by atoms with van der Waals surface area (Å²) >= 11 is 0. The van der Waals surface area contributed by atoms with Crippen molar-refractivity contribution in [3.63, 3.8) is 0 Å². The van der Waals surface area contributed by atoms with Crippen LogP contribution >= 0.6 is 0 Å². The number of rotatable bonds is 4. The van der Waals surface area contributed by atoms with E-state index in [0.717, 1.165) is 12.1 Å². The van der Waals surface area contributed by atoms with Crippen molar-refractivity contribution in [2.24, 2.45) is 5.92 Å². The number of nitrogens with two attached hydrogens (primary N) is 1. The Morgan fingerprint density at radius 2 is 2.11 bits per heavy atom. The third kappa shape index (κ3) is 2.80. The van der Waals surface area contributed by atoms with Gasteiger partial charge in [-0.25, -0.2) is 17.5 Å². The molecule has 0 bridgehead atoms. The van der Waals surface area contributed by atoms with E-state index < -0.39 is 15.8 Å². The van der Waals surface area contributed by atoms with Gasteiger partial charge in [-0.15, -0.1) is 0 Å². The maximum atomic E-state index is 13.0. The molecular formula is C11H15FN2O3S. The summed E-state index contributed by atoms with van der Waals surface area (Å²) in [6.07, 6.45) is 0.834. The maximum Gasteiger partial charge on any atom is 0.242 e. The zero-order chi connectivity index (χ0) is 13.3. The number of sulfonamides is 1. The Kier molecular flexibility index (Phi) is 3.56. The predicted octanol–water partition coefficient (Wildman–Crippen LogP) is 0.457. The van der Waals surface area contributed by atoms with Crippen molar-refractivity contribution in [2.45, 2.75) is 23.8 Å². The quantitative estimate of drug-likeness (QED) is 0.695. The minimum atomic E-state index is -3.80. The van der Waals surface area contributed by atoms with Gasteiger partial charge in [0.05, 0.1) is 11.8 Å². The number of halogens is 1. The third-order valence-electron chi connectivity index (χ3n) is 3.04. The van der Waals surface area contributed by atoms with Crippen LogP contribution < -0.4 is 10.5 Å². The molecule has 0 amide bonds. The van der Waals surface area contributed by atoms with Gasteiger partial charge in [0.15, 0.2) is 0 Å². The lowest BCUT2D eigenvalue weighted by Crippen LogP contribution is -2.38. The normalized spacial score (nSPS) is 23.7. The summed E-state index contributed by atoms with van der Waals surface area (Å²) in [5, 5.41) is 9.10. The zero-order valence-electron chi connectivity index (χ0n) is 9.64. The van der Waals surface area contributed by atoms with Gasteiger partial charge >= 0.3 is 0 Å². The number of hydrogen-bond acceptors (Lipinski definition) is 4. The molecule has 1 saturated carbocycles. The lowest BCUT2D eigenvalue weighted by Gasteiger charge is -2.31. The summed E-state index contributed by atoms with van der Waals surface area (Å²) in [5.41, 5.74) is 5.54. The van der Waals surface area contributed by atoms with Crippen LogP contribution in [0.1, 0.15) is 12.8 Å². The lowest BCUT2D eigenvalue weighted by molar-refractivity contribution is 0.0453. The predicted molar refractivity (Wildman–Crippen MR) is 64.7 cm³/mol. The van der Waals surface area contributed by atoms with E-state index in [1.54, 1.807) is 0 Å². The number of anilines is 1. The summed E-state index contributed by atoms with van der Waals surface area (Å²) in [6.45, 7) is 0.231. The van der Waals surface area contributed by atoms with Crippen LogP contribution in [-0.4, -0.2) is 26.2 Å². The number of aliphatic hydroxyl groups excluding tert-OH is 1. The molecule has 0 atom stereocenters. The summed E-state index contributed by atoms with van der Waals surface area (Å²) < 4.78 is 39.2. The van der Waals surface area contributed by atoms with Crippen LogP contribution in [0.3, 0.4) is 0 Å². The van der Waals surface area contributed by atoms with Gasteiger partial charge in [0.25, 0.3) is 0 Å². The molecule has 0 radical (unpaired) electrons. The Morgan fingerprint density at radius 3 is 2.72 bits per heavy atom. The number of benzene rings is 1. The largest absolute Gasteiger partial charge is 0.398 e. The van der Waals surface area contributed by atoms with Gasteiger partial charge in [-0.05, 0) is 37.0 Å². The number of aliphatic hydroxyl groups is 1. The first-order valence-electron chi connectivity index (χ1n) is 5.61. The second-order valence-electron chi connectivity index (χ2n) is 4.53. The van der Waals surface area contributed by atoms with Gasteiger partial charge in [0.2, 0.25) is 10.0 Å². The molecule has 2 rings (SSSR count). The topological polar surface area (TPSA) is 92.4 Å². The molecule has 0 saturated heterocycles. The molecule has 1 aliphatic rings. The van der Waals surface area contributed by atoms with Crippen LogP contribution in [0, 0.1) is 11.7 Å². The first-order valence-corrected chi connectivity index (χ1v) is 7.09. The van der Waals surface area contributed by atoms with Crippen LogP contribution in [0.25, 0.3) is 0 Å². The van der Waals surface area contributed by atoms with Crippen molar-refractivity contribution in [1.82, 2.24) is 4.72 Å². The second kappa shape index (κ2) is 4.83. The third-order valence-corrected chi connectivity index (χ3v) is 4.52. The highest BCUT2D eigenvalue weighted by molar-refractivity contribution is 7.89. The Hall–Kier alpha value is -1.18. The van der Waals surface area contributed by atoms with Crippen molar-refractivity contribution in [3.8, 4) is 0 Å². The molecule has 0 heterocycles. The van der Waals surface area contributed by atoms with Crippen LogP contribution in [0.2, 0.25) is 0 Å². The van der Waals surface area contributed by atoms with Gasteiger partial charge < -0.3 is 10.8 Å². The van der Waals surface area contributed by atoms with Crippen molar-refractivity contribution in [1.29, 1.82) is 0 Å². The summed E-state index contributed by atoms with van der Waals surface area (Å²) in [5.74, 6) is -0.520. The van der Waals surface area contributed by atoms with Gasteiger partial charge in [-0.1, -0.05) is 0 Å². The van der Waals surface area contributed by atoms with E-state index in [4.69, 9.17) is 10.8 Å². The average Bonchev–Trinajstić information content (AvgIpc) is 2.26. The van der Waals surface area contributed by atoms with Crippen molar-refractivity contribution in [2.75, 3.05) is 12.3 Å². The molecule has 0 spiro atoms. The van der Waals surface area contributed by atoms with Gasteiger partial charge in [-0.2, -0.15) is 0 Å². The molecule has 0 unspecified atom stereocenters. The highest BCUT2D eigenvalue weighted by Gasteiger charge is 2.29. The van der Waals surface area contributed by atoms with E-state index >= 15 is 0 Å². The monoisotopic (exact) mass is 274 g/mol. The Labute approximate surface area is 105 Å². The minimum absolute atomic E-state index is 0.0116. The number of nitrogens with one attached hydrogen (secondary N) is 1. The van der Waals surface area contributed by atoms with Crippen molar-refractivity contribution in [3.05, 3.63) is 24.0 Å². The molecule has 0 aliphatic heterocycles.